The van der Waals surface area contributed by atoms with Crippen LogP contribution in [0, 0.1) is 6.92 Å². The Labute approximate surface area is 172 Å². The molecule has 7 nitrogen and oxygen atoms in total. The van der Waals surface area contributed by atoms with Crippen LogP contribution in [0.2, 0.25) is 0 Å². The zero-order valence-electron chi connectivity index (χ0n) is 17.5. The number of likely N-dealkylation sites (tertiary alicyclic amines) is 1. The zero-order chi connectivity index (χ0) is 20.2. The molecule has 2 aliphatic rings. The molecule has 0 N–H and O–H groups in total. The second-order valence-corrected chi connectivity index (χ2v) is 8.20. The number of fused-ring (bicyclic) bond motifs is 1. The molecule has 0 radical (unpaired) electrons. The van der Waals surface area contributed by atoms with Gasteiger partial charge < -0.3 is 19.1 Å². The summed E-state index contributed by atoms with van der Waals surface area (Å²) in [6, 6.07) is 7.91. The summed E-state index contributed by atoms with van der Waals surface area (Å²) >= 11 is 0. The van der Waals surface area contributed by atoms with E-state index in [9.17, 15) is 4.79 Å². The van der Waals surface area contributed by atoms with Gasteiger partial charge in [-0.3, -0.25) is 4.79 Å². The Morgan fingerprint density at radius 3 is 2.69 bits per heavy atom. The van der Waals surface area contributed by atoms with Gasteiger partial charge in [-0.05, 0) is 51.5 Å². The molecule has 2 aliphatic heterocycles. The van der Waals surface area contributed by atoms with E-state index in [1.54, 1.807) is 0 Å². The third-order valence-electron chi connectivity index (χ3n) is 6.16. The highest BCUT2D eigenvalue weighted by Crippen LogP contribution is 2.27. The number of carbonyl (C=O) groups is 1. The van der Waals surface area contributed by atoms with E-state index in [1.165, 1.54) is 0 Å². The monoisotopic (exact) mass is 397 g/mol. The predicted molar refractivity (Wildman–Crippen MR) is 111 cm³/mol. The Morgan fingerprint density at radius 1 is 1.10 bits per heavy atom. The molecule has 1 fully saturated rings. The zero-order valence-corrected chi connectivity index (χ0v) is 17.5. The number of ether oxygens (including phenoxy) is 1. The normalized spacial score (nSPS) is 18.3. The van der Waals surface area contributed by atoms with Gasteiger partial charge in [-0.25, -0.2) is 0 Å². The van der Waals surface area contributed by atoms with Gasteiger partial charge in [0.05, 0.1) is 13.0 Å². The number of piperidine rings is 1. The summed E-state index contributed by atoms with van der Waals surface area (Å²) in [6.45, 7) is 6.85. The minimum atomic E-state index is 0.151. The third kappa shape index (κ3) is 4.61. The van der Waals surface area contributed by atoms with Gasteiger partial charge in [0, 0.05) is 32.0 Å². The maximum absolute atomic E-state index is 12.7. The molecule has 0 saturated carbocycles. The molecule has 1 aromatic heterocycles. The SMILES string of the molecule is Cc1ccccc1OCCC(=O)N1CCc2nnc(C3CCN(C)CC3)n2CC1. The largest absolute Gasteiger partial charge is 0.493 e. The maximum Gasteiger partial charge on any atom is 0.226 e. The lowest BCUT2D eigenvalue weighted by Gasteiger charge is -2.28. The van der Waals surface area contributed by atoms with Crippen LogP contribution in [-0.2, 0) is 17.8 Å². The first kappa shape index (κ1) is 19.9. The first-order valence-corrected chi connectivity index (χ1v) is 10.7. The molecule has 0 unspecified atom stereocenters. The highest BCUT2D eigenvalue weighted by molar-refractivity contribution is 5.76. The van der Waals surface area contributed by atoms with E-state index in [1.807, 2.05) is 36.1 Å². The van der Waals surface area contributed by atoms with E-state index in [2.05, 4.69) is 26.7 Å². The van der Waals surface area contributed by atoms with E-state index in [0.717, 1.165) is 61.9 Å². The number of hydrogen-bond donors (Lipinski definition) is 0. The minimum Gasteiger partial charge on any atom is -0.493 e. The molecule has 156 valence electrons. The molecule has 29 heavy (non-hydrogen) atoms. The van der Waals surface area contributed by atoms with Crippen molar-refractivity contribution in [3.63, 3.8) is 0 Å². The number of carbonyl (C=O) groups excluding carboxylic acids is 1. The molecule has 0 spiro atoms. The summed E-state index contributed by atoms with van der Waals surface area (Å²) in [7, 11) is 2.17. The molecular formula is C22H31N5O2. The molecule has 2 aromatic rings. The van der Waals surface area contributed by atoms with Crippen molar-refractivity contribution in [2.24, 2.45) is 0 Å². The predicted octanol–water partition coefficient (Wildman–Crippen LogP) is 2.25. The first-order valence-electron chi connectivity index (χ1n) is 10.7. The number of nitrogens with zero attached hydrogens (tertiary/aromatic N) is 5. The molecule has 0 atom stereocenters. The van der Waals surface area contributed by atoms with E-state index >= 15 is 0 Å². The van der Waals surface area contributed by atoms with Gasteiger partial charge in [0.2, 0.25) is 5.91 Å². The fourth-order valence-corrected chi connectivity index (χ4v) is 4.29. The Balaban J connectivity index is 1.31. The Kier molecular flexibility index (Phi) is 6.13. The molecule has 1 aromatic carbocycles. The lowest BCUT2D eigenvalue weighted by Crippen LogP contribution is -2.35. The van der Waals surface area contributed by atoms with Crippen molar-refractivity contribution in [2.45, 2.75) is 45.1 Å². The van der Waals surface area contributed by atoms with E-state index in [0.29, 0.717) is 32.0 Å². The molecule has 0 bridgehead atoms. The highest BCUT2D eigenvalue weighted by Gasteiger charge is 2.27. The molecular weight excluding hydrogens is 366 g/mol. The number of hydrogen-bond acceptors (Lipinski definition) is 5. The second-order valence-electron chi connectivity index (χ2n) is 8.20. The minimum absolute atomic E-state index is 0.151. The summed E-state index contributed by atoms with van der Waals surface area (Å²) in [5.74, 6) is 3.62. The number of aromatic nitrogens is 3. The fourth-order valence-electron chi connectivity index (χ4n) is 4.29. The quantitative estimate of drug-likeness (QED) is 0.774. The smallest absolute Gasteiger partial charge is 0.226 e. The van der Waals surface area contributed by atoms with Gasteiger partial charge in [-0.2, -0.15) is 0 Å². The molecule has 4 rings (SSSR count). The van der Waals surface area contributed by atoms with Crippen LogP contribution >= 0.6 is 0 Å². The lowest BCUT2D eigenvalue weighted by atomic mass is 9.96. The summed E-state index contributed by atoms with van der Waals surface area (Å²) < 4.78 is 8.08. The van der Waals surface area contributed by atoms with Crippen LogP contribution in [0.15, 0.2) is 24.3 Å². The first-order chi connectivity index (χ1) is 14.1. The average Bonchev–Trinajstić information content (AvgIpc) is 3.01. The van der Waals surface area contributed by atoms with Crippen molar-refractivity contribution in [3.05, 3.63) is 41.5 Å². The van der Waals surface area contributed by atoms with Crippen molar-refractivity contribution in [3.8, 4) is 5.75 Å². The van der Waals surface area contributed by atoms with Crippen LogP contribution in [0.25, 0.3) is 0 Å². The van der Waals surface area contributed by atoms with Crippen molar-refractivity contribution in [1.82, 2.24) is 24.6 Å². The summed E-state index contributed by atoms with van der Waals surface area (Å²) in [5.41, 5.74) is 1.09. The van der Waals surface area contributed by atoms with Gasteiger partial charge in [-0.1, -0.05) is 18.2 Å². The molecule has 7 heteroatoms. The van der Waals surface area contributed by atoms with Gasteiger partial charge >= 0.3 is 0 Å². The summed E-state index contributed by atoms with van der Waals surface area (Å²) in [6.07, 6.45) is 3.43. The topological polar surface area (TPSA) is 63.5 Å². The average molecular weight is 398 g/mol. The number of rotatable bonds is 5. The van der Waals surface area contributed by atoms with E-state index < -0.39 is 0 Å². The Morgan fingerprint density at radius 2 is 1.90 bits per heavy atom. The van der Waals surface area contributed by atoms with Crippen LogP contribution in [0.4, 0.5) is 0 Å². The van der Waals surface area contributed by atoms with Gasteiger partial charge in [0.1, 0.15) is 17.4 Å². The van der Waals surface area contributed by atoms with Crippen LogP contribution in [0.1, 0.15) is 42.4 Å². The highest BCUT2D eigenvalue weighted by atomic mass is 16.5. The molecule has 3 heterocycles. The van der Waals surface area contributed by atoms with Crippen molar-refractivity contribution in [1.29, 1.82) is 0 Å². The van der Waals surface area contributed by atoms with Gasteiger partial charge in [0.25, 0.3) is 0 Å². The molecule has 1 amide bonds. The van der Waals surface area contributed by atoms with Crippen molar-refractivity contribution >= 4 is 5.91 Å². The van der Waals surface area contributed by atoms with Crippen LogP contribution < -0.4 is 4.74 Å². The lowest BCUT2D eigenvalue weighted by molar-refractivity contribution is -0.131. The Bertz CT molecular complexity index is 841. The standard InChI is InChI=1S/C22H31N5O2/c1-17-5-3-4-6-19(17)29-16-10-21(28)26-13-9-20-23-24-22(27(20)15-14-26)18-7-11-25(2)12-8-18/h3-6,18H,7-16H2,1-2H3. The van der Waals surface area contributed by atoms with E-state index in [-0.39, 0.29) is 5.91 Å². The van der Waals surface area contributed by atoms with Crippen molar-refractivity contribution in [2.75, 3.05) is 39.8 Å². The van der Waals surface area contributed by atoms with E-state index in [4.69, 9.17) is 4.74 Å². The number of para-hydroxylation sites is 1. The molecule has 1 saturated heterocycles. The fraction of sp³-hybridized carbons (Fsp3) is 0.591. The summed E-state index contributed by atoms with van der Waals surface area (Å²) in [4.78, 5) is 17.0. The molecule has 0 aliphatic carbocycles. The second kappa shape index (κ2) is 8.95. The number of benzene rings is 1. The third-order valence-corrected chi connectivity index (χ3v) is 6.16. The van der Waals surface area contributed by atoms with Gasteiger partial charge in [-0.15, -0.1) is 10.2 Å². The summed E-state index contributed by atoms with van der Waals surface area (Å²) in [5, 5.41) is 8.97. The number of amides is 1. The van der Waals surface area contributed by atoms with Crippen molar-refractivity contribution < 1.29 is 9.53 Å². The van der Waals surface area contributed by atoms with Crippen LogP contribution in [-0.4, -0.2) is 70.3 Å². The maximum atomic E-state index is 12.7. The van der Waals surface area contributed by atoms with Crippen LogP contribution in [0.5, 0.6) is 5.75 Å². The van der Waals surface area contributed by atoms with Gasteiger partial charge in [0.15, 0.2) is 0 Å². The van der Waals surface area contributed by atoms with Crippen LogP contribution in [0.3, 0.4) is 0 Å². The Hall–Kier alpha value is -2.41. The number of aryl methyl sites for hydroxylation is 1.